The summed E-state index contributed by atoms with van der Waals surface area (Å²) in [5.41, 5.74) is 7.33. The van der Waals surface area contributed by atoms with Gasteiger partial charge in [0.2, 0.25) is 5.91 Å². The van der Waals surface area contributed by atoms with Crippen molar-refractivity contribution >= 4 is 11.7 Å². The predicted octanol–water partition coefficient (Wildman–Crippen LogP) is 0.890. The van der Waals surface area contributed by atoms with Crippen LogP contribution in [-0.2, 0) is 23.1 Å². The zero-order valence-electron chi connectivity index (χ0n) is 16.2. The number of primary amides is 1. The van der Waals surface area contributed by atoms with Gasteiger partial charge in [-0.25, -0.2) is 14.1 Å². The van der Waals surface area contributed by atoms with Crippen molar-refractivity contribution in [1.29, 1.82) is 0 Å². The number of pyridine rings is 2. The van der Waals surface area contributed by atoms with Crippen LogP contribution in [0.15, 0.2) is 36.7 Å². The highest BCUT2D eigenvalue weighted by Gasteiger charge is 2.26. The van der Waals surface area contributed by atoms with Crippen LogP contribution in [0.2, 0.25) is 0 Å². The fourth-order valence-electron chi connectivity index (χ4n) is 3.11. The minimum atomic E-state index is -0.533. The minimum absolute atomic E-state index is 0.182. The smallest absolute Gasteiger partial charge is 0.250 e. The fraction of sp³-hybridized carbons (Fsp3) is 0.316. The molecule has 4 heterocycles. The molecule has 0 aromatic carbocycles. The summed E-state index contributed by atoms with van der Waals surface area (Å²) in [4.78, 5) is 21.6. The van der Waals surface area contributed by atoms with Gasteiger partial charge in [0.1, 0.15) is 17.3 Å². The number of amides is 1. The van der Waals surface area contributed by atoms with Gasteiger partial charge in [-0.05, 0) is 24.3 Å². The molecule has 0 aliphatic carbocycles. The fourth-order valence-corrected chi connectivity index (χ4v) is 3.11. The standard InChI is InChI=1S/C19H20FN7O3/c1-26-15(18(24-25-26)14-4-3-13(20)9-22-14)10-30-17-11-29-7-6-27(17)16-5-2-12(8-23-16)19(21)28/h2-5,8-9,17H,6-7,10-11H2,1H3,(H2,21,28). The van der Waals surface area contributed by atoms with Crippen molar-refractivity contribution in [3.05, 3.63) is 53.7 Å². The normalized spacial score (nSPS) is 16.6. The Morgan fingerprint density at radius 3 is 2.87 bits per heavy atom. The highest BCUT2D eigenvalue weighted by Crippen LogP contribution is 2.23. The lowest BCUT2D eigenvalue weighted by Crippen LogP contribution is -2.47. The maximum Gasteiger partial charge on any atom is 0.250 e. The number of morpholine rings is 1. The number of nitrogens with zero attached hydrogens (tertiary/aromatic N) is 6. The first kappa shape index (κ1) is 19.9. The van der Waals surface area contributed by atoms with Crippen LogP contribution in [0.25, 0.3) is 11.4 Å². The van der Waals surface area contributed by atoms with E-state index in [1.54, 1.807) is 29.9 Å². The van der Waals surface area contributed by atoms with E-state index in [9.17, 15) is 9.18 Å². The van der Waals surface area contributed by atoms with Gasteiger partial charge in [0, 0.05) is 19.8 Å². The second-order valence-corrected chi connectivity index (χ2v) is 6.67. The molecule has 0 bridgehead atoms. The summed E-state index contributed by atoms with van der Waals surface area (Å²) < 4.78 is 26.5. The van der Waals surface area contributed by atoms with Crippen LogP contribution in [0.5, 0.6) is 0 Å². The Balaban J connectivity index is 1.51. The first-order valence-electron chi connectivity index (χ1n) is 9.25. The molecule has 1 saturated heterocycles. The lowest BCUT2D eigenvalue weighted by Gasteiger charge is -2.36. The monoisotopic (exact) mass is 413 g/mol. The van der Waals surface area contributed by atoms with E-state index in [-0.39, 0.29) is 6.61 Å². The van der Waals surface area contributed by atoms with Crippen molar-refractivity contribution in [2.45, 2.75) is 12.8 Å². The summed E-state index contributed by atoms with van der Waals surface area (Å²) in [6, 6.07) is 6.21. The van der Waals surface area contributed by atoms with Gasteiger partial charge < -0.3 is 20.1 Å². The number of halogens is 1. The number of carbonyl (C=O) groups is 1. The van der Waals surface area contributed by atoms with E-state index in [0.29, 0.717) is 48.2 Å². The molecule has 1 fully saturated rings. The van der Waals surface area contributed by atoms with Gasteiger partial charge in [-0.2, -0.15) is 0 Å². The topological polar surface area (TPSA) is 121 Å². The summed E-state index contributed by atoms with van der Waals surface area (Å²) in [5.74, 6) is -0.309. The summed E-state index contributed by atoms with van der Waals surface area (Å²) in [5, 5.41) is 8.16. The SMILES string of the molecule is Cn1nnc(-c2ccc(F)cn2)c1COC1COCCN1c1ccc(C(N)=O)cn1. The summed E-state index contributed by atoms with van der Waals surface area (Å²) in [6.45, 7) is 1.62. The molecule has 3 aromatic heterocycles. The summed E-state index contributed by atoms with van der Waals surface area (Å²) in [7, 11) is 1.75. The average molecular weight is 413 g/mol. The maximum atomic E-state index is 13.2. The predicted molar refractivity (Wildman–Crippen MR) is 104 cm³/mol. The van der Waals surface area contributed by atoms with Gasteiger partial charge in [0.05, 0.1) is 43.0 Å². The number of hydrogen-bond donors (Lipinski definition) is 1. The van der Waals surface area contributed by atoms with Gasteiger partial charge in [-0.1, -0.05) is 5.21 Å². The molecule has 4 rings (SSSR count). The number of ether oxygens (including phenoxy) is 2. The van der Waals surface area contributed by atoms with E-state index >= 15 is 0 Å². The first-order chi connectivity index (χ1) is 14.5. The molecule has 30 heavy (non-hydrogen) atoms. The van der Waals surface area contributed by atoms with Gasteiger partial charge in [0.15, 0.2) is 6.23 Å². The lowest BCUT2D eigenvalue weighted by atomic mass is 10.2. The zero-order chi connectivity index (χ0) is 21.1. The van der Waals surface area contributed by atoms with E-state index in [1.165, 1.54) is 12.3 Å². The number of nitrogens with two attached hydrogens (primary N) is 1. The van der Waals surface area contributed by atoms with Crippen LogP contribution < -0.4 is 10.6 Å². The highest BCUT2D eigenvalue weighted by molar-refractivity contribution is 5.92. The molecule has 1 unspecified atom stereocenters. The molecular weight excluding hydrogens is 393 g/mol. The molecule has 156 valence electrons. The molecule has 3 aromatic rings. The van der Waals surface area contributed by atoms with Crippen LogP contribution in [-0.4, -0.2) is 56.9 Å². The number of carbonyl (C=O) groups excluding carboxylic acids is 1. The van der Waals surface area contributed by atoms with Crippen LogP contribution >= 0.6 is 0 Å². The van der Waals surface area contributed by atoms with Crippen molar-refractivity contribution in [3.63, 3.8) is 0 Å². The number of hydrogen-bond acceptors (Lipinski definition) is 8. The maximum absolute atomic E-state index is 13.2. The second-order valence-electron chi connectivity index (χ2n) is 6.67. The van der Waals surface area contributed by atoms with E-state index < -0.39 is 18.0 Å². The molecule has 1 amide bonds. The van der Waals surface area contributed by atoms with Crippen molar-refractivity contribution in [2.75, 3.05) is 24.7 Å². The molecule has 0 radical (unpaired) electrons. The molecule has 10 nitrogen and oxygen atoms in total. The quantitative estimate of drug-likeness (QED) is 0.632. The molecule has 11 heteroatoms. The van der Waals surface area contributed by atoms with E-state index in [0.717, 1.165) is 6.20 Å². The molecule has 1 aliphatic rings. The van der Waals surface area contributed by atoms with Crippen LogP contribution in [0, 0.1) is 5.82 Å². The van der Waals surface area contributed by atoms with E-state index in [4.69, 9.17) is 15.2 Å². The Morgan fingerprint density at radius 2 is 2.17 bits per heavy atom. The van der Waals surface area contributed by atoms with E-state index in [1.807, 2.05) is 4.90 Å². The molecule has 0 saturated carbocycles. The third-order valence-electron chi connectivity index (χ3n) is 4.74. The Labute approximate surface area is 171 Å². The highest BCUT2D eigenvalue weighted by atomic mass is 19.1. The van der Waals surface area contributed by atoms with Gasteiger partial charge in [0.25, 0.3) is 0 Å². The van der Waals surface area contributed by atoms with Gasteiger partial charge >= 0.3 is 0 Å². The Kier molecular flexibility index (Phi) is 5.63. The molecular formula is C19H20FN7O3. The van der Waals surface area contributed by atoms with Crippen molar-refractivity contribution in [2.24, 2.45) is 12.8 Å². The summed E-state index contributed by atoms with van der Waals surface area (Å²) >= 11 is 0. The Morgan fingerprint density at radius 1 is 1.30 bits per heavy atom. The first-order valence-corrected chi connectivity index (χ1v) is 9.25. The third kappa shape index (κ3) is 4.11. The van der Waals surface area contributed by atoms with Crippen molar-refractivity contribution in [1.82, 2.24) is 25.0 Å². The minimum Gasteiger partial charge on any atom is -0.375 e. The van der Waals surface area contributed by atoms with Crippen LogP contribution in [0.1, 0.15) is 16.1 Å². The van der Waals surface area contributed by atoms with Gasteiger partial charge in [-0.3, -0.25) is 9.78 Å². The number of aryl methyl sites for hydroxylation is 1. The number of anilines is 1. The molecule has 1 atom stereocenters. The van der Waals surface area contributed by atoms with Gasteiger partial charge in [-0.15, -0.1) is 5.10 Å². The summed E-state index contributed by atoms with van der Waals surface area (Å²) in [6.07, 6.45) is 2.16. The Hall–Kier alpha value is -3.44. The number of aromatic nitrogens is 5. The molecule has 1 aliphatic heterocycles. The largest absolute Gasteiger partial charge is 0.375 e. The Bertz CT molecular complexity index is 1020. The van der Waals surface area contributed by atoms with Crippen LogP contribution in [0.3, 0.4) is 0 Å². The number of rotatable bonds is 6. The third-order valence-corrected chi connectivity index (χ3v) is 4.74. The van der Waals surface area contributed by atoms with Crippen molar-refractivity contribution in [3.8, 4) is 11.4 Å². The lowest BCUT2D eigenvalue weighted by molar-refractivity contribution is -0.0497. The van der Waals surface area contributed by atoms with E-state index in [2.05, 4.69) is 20.3 Å². The van der Waals surface area contributed by atoms with Crippen molar-refractivity contribution < 1.29 is 18.7 Å². The second kappa shape index (κ2) is 8.51. The van der Waals surface area contributed by atoms with Crippen LogP contribution in [0.4, 0.5) is 10.2 Å². The molecule has 2 N–H and O–H groups in total. The molecule has 0 spiro atoms. The average Bonchev–Trinajstić information content (AvgIpc) is 3.13. The zero-order valence-corrected chi connectivity index (χ0v) is 16.2.